The summed E-state index contributed by atoms with van der Waals surface area (Å²) in [6.45, 7) is 0. The molecule has 98 valence electrons. The molecule has 3 nitrogen and oxygen atoms in total. The molecule has 0 spiro atoms. The van der Waals surface area contributed by atoms with Crippen LogP contribution in [-0.2, 0) is 0 Å². The number of methoxy groups -OCH3 is 1. The van der Waals surface area contributed by atoms with Crippen LogP contribution >= 0.6 is 0 Å². The summed E-state index contributed by atoms with van der Waals surface area (Å²) in [5.41, 5.74) is 1.09. The van der Waals surface area contributed by atoms with E-state index in [9.17, 15) is 4.79 Å². The van der Waals surface area contributed by atoms with E-state index in [0.717, 1.165) is 16.5 Å². The third kappa shape index (κ3) is 2.14. The molecule has 0 aliphatic carbocycles. The molecule has 0 unspecified atom stereocenters. The number of fused-ring (bicyclic) bond motifs is 1. The number of carbonyl (C=O) groups is 1. The molecule has 0 radical (unpaired) electrons. The van der Waals surface area contributed by atoms with E-state index in [1.165, 1.54) is 0 Å². The number of ether oxygens (including phenoxy) is 1. The first-order valence-corrected chi connectivity index (χ1v) is 6.32. The van der Waals surface area contributed by atoms with Gasteiger partial charge in [-0.1, -0.05) is 24.3 Å². The van der Waals surface area contributed by atoms with Crippen molar-refractivity contribution in [2.75, 3.05) is 7.11 Å². The highest BCUT2D eigenvalue weighted by atomic mass is 16.5. The standard InChI is InChI=1S/C17H13NO2/c1-20-14-8-6-13(7-9-14)17(19)16-15-5-3-2-4-12(15)10-11-18-16/h2-11H,1H3. The van der Waals surface area contributed by atoms with Gasteiger partial charge in [0.1, 0.15) is 11.4 Å². The molecule has 3 heteroatoms. The van der Waals surface area contributed by atoms with Gasteiger partial charge in [0.05, 0.1) is 7.11 Å². The summed E-state index contributed by atoms with van der Waals surface area (Å²) in [6, 6.07) is 16.7. The maximum absolute atomic E-state index is 12.6. The van der Waals surface area contributed by atoms with Crippen LogP contribution in [-0.4, -0.2) is 17.9 Å². The molecule has 20 heavy (non-hydrogen) atoms. The molecule has 0 saturated carbocycles. The Hall–Kier alpha value is -2.68. The summed E-state index contributed by atoms with van der Waals surface area (Å²) in [7, 11) is 1.60. The fourth-order valence-electron chi connectivity index (χ4n) is 2.18. The van der Waals surface area contributed by atoms with E-state index in [1.807, 2.05) is 30.3 Å². The fourth-order valence-corrected chi connectivity index (χ4v) is 2.18. The summed E-state index contributed by atoms with van der Waals surface area (Å²) in [5, 5.41) is 1.88. The zero-order valence-electron chi connectivity index (χ0n) is 11.0. The second-order valence-corrected chi connectivity index (χ2v) is 4.44. The van der Waals surface area contributed by atoms with Crippen molar-refractivity contribution >= 4 is 16.6 Å². The van der Waals surface area contributed by atoms with Gasteiger partial charge in [-0.25, -0.2) is 0 Å². The largest absolute Gasteiger partial charge is 0.497 e. The maximum Gasteiger partial charge on any atom is 0.211 e. The number of ketones is 1. The van der Waals surface area contributed by atoms with Gasteiger partial charge in [-0.15, -0.1) is 0 Å². The zero-order chi connectivity index (χ0) is 13.9. The minimum absolute atomic E-state index is 0.0792. The van der Waals surface area contributed by atoms with Crippen molar-refractivity contribution in [3.63, 3.8) is 0 Å². The van der Waals surface area contributed by atoms with Crippen LogP contribution in [0.15, 0.2) is 60.8 Å². The van der Waals surface area contributed by atoms with Crippen molar-refractivity contribution in [1.82, 2.24) is 4.98 Å². The van der Waals surface area contributed by atoms with Crippen LogP contribution in [0.2, 0.25) is 0 Å². The third-order valence-electron chi connectivity index (χ3n) is 3.24. The van der Waals surface area contributed by atoms with Crippen LogP contribution in [0.5, 0.6) is 5.75 Å². The minimum atomic E-state index is -0.0792. The summed E-state index contributed by atoms with van der Waals surface area (Å²) in [4.78, 5) is 16.8. The molecule has 0 aliphatic heterocycles. The average Bonchev–Trinajstić information content (AvgIpc) is 2.54. The molecule has 0 amide bonds. The molecule has 0 bridgehead atoms. The van der Waals surface area contributed by atoms with Crippen LogP contribution < -0.4 is 4.74 Å². The maximum atomic E-state index is 12.6. The highest BCUT2D eigenvalue weighted by Gasteiger charge is 2.13. The first-order valence-electron chi connectivity index (χ1n) is 6.32. The quantitative estimate of drug-likeness (QED) is 0.679. The van der Waals surface area contributed by atoms with Gasteiger partial charge in [-0.3, -0.25) is 9.78 Å². The molecule has 3 aromatic rings. The molecule has 0 N–H and O–H groups in total. The van der Waals surface area contributed by atoms with E-state index in [-0.39, 0.29) is 5.78 Å². The number of pyridine rings is 1. The number of carbonyl (C=O) groups excluding carboxylic acids is 1. The number of rotatable bonds is 3. The highest BCUT2D eigenvalue weighted by Crippen LogP contribution is 2.20. The molecule has 3 rings (SSSR count). The molecule has 1 aromatic heterocycles. The molecule has 0 atom stereocenters. The van der Waals surface area contributed by atoms with Crippen molar-refractivity contribution in [3.05, 3.63) is 72.1 Å². The fraction of sp³-hybridized carbons (Fsp3) is 0.0588. The van der Waals surface area contributed by atoms with Crippen molar-refractivity contribution < 1.29 is 9.53 Å². The van der Waals surface area contributed by atoms with Gasteiger partial charge >= 0.3 is 0 Å². The van der Waals surface area contributed by atoms with E-state index in [4.69, 9.17) is 4.74 Å². The van der Waals surface area contributed by atoms with Gasteiger partial charge in [0.25, 0.3) is 0 Å². The predicted molar refractivity (Wildman–Crippen MR) is 78.2 cm³/mol. The Morgan fingerprint density at radius 1 is 1.00 bits per heavy atom. The van der Waals surface area contributed by atoms with E-state index in [2.05, 4.69) is 4.98 Å². The van der Waals surface area contributed by atoms with Crippen LogP contribution in [0.25, 0.3) is 10.8 Å². The molecule has 0 fully saturated rings. The monoisotopic (exact) mass is 263 g/mol. The number of hydrogen-bond acceptors (Lipinski definition) is 3. The Morgan fingerprint density at radius 2 is 1.75 bits per heavy atom. The molecule has 0 aliphatic rings. The van der Waals surface area contributed by atoms with E-state index >= 15 is 0 Å². The number of nitrogens with zero attached hydrogens (tertiary/aromatic N) is 1. The Kier molecular flexibility index (Phi) is 3.17. The SMILES string of the molecule is COc1ccc(C(=O)c2nccc3ccccc23)cc1. The molecule has 2 aromatic carbocycles. The Bertz CT molecular complexity index is 758. The average molecular weight is 263 g/mol. The Morgan fingerprint density at radius 3 is 2.50 bits per heavy atom. The van der Waals surface area contributed by atoms with E-state index in [0.29, 0.717) is 11.3 Å². The summed E-state index contributed by atoms with van der Waals surface area (Å²) < 4.78 is 5.10. The van der Waals surface area contributed by atoms with Crippen molar-refractivity contribution in [2.45, 2.75) is 0 Å². The van der Waals surface area contributed by atoms with E-state index in [1.54, 1.807) is 37.6 Å². The van der Waals surface area contributed by atoms with Crippen LogP contribution in [0.4, 0.5) is 0 Å². The van der Waals surface area contributed by atoms with Gasteiger partial charge in [-0.2, -0.15) is 0 Å². The lowest BCUT2D eigenvalue weighted by Crippen LogP contribution is -2.04. The Labute approximate surface area is 116 Å². The second kappa shape index (κ2) is 5.13. The van der Waals surface area contributed by atoms with Gasteiger partial charge in [-0.05, 0) is 35.7 Å². The predicted octanol–water partition coefficient (Wildman–Crippen LogP) is 3.47. The summed E-state index contributed by atoms with van der Waals surface area (Å²) in [5.74, 6) is 0.650. The van der Waals surface area contributed by atoms with Crippen LogP contribution in [0.3, 0.4) is 0 Å². The van der Waals surface area contributed by atoms with E-state index < -0.39 is 0 Å². The van der Waals surface area contributed by atoms with Crippen molar-refractivity contribution in [2.24, 2.45) is 0 Å². The normalized spacial score (nSPS) is 10.4. The van der Waals surface area contributed by atoms with Crippen molar-refractivity contribution in [1.29, 1.82) is 0 Å². The minimum Gasteiger partial charge on any atom is -0.497 e. The van der Waals surface area contributed by atoms with Gasteiger partial charge in [0.2, 0.25) is 5.78 Å². The first kappa shape index (κ1) is 12.4. The third-order valence-corrected chi connectivity index (χ3v) is 3.24. The lowest BCUT2D eigenvalue weighted by atomic mass is 10.0. The first-order chi connectivity index (χ1) is 9.79. The second-order valence-electron chi connectivity index (χ2n) is 4.44. The number of aromatic nitrogens is 1. The number of benzene rings is 2. The Balaban J connectivity index is 2.07. The lowest BCUT2D eigenvalue weighted by molar-refractivity contribution is 0.103. The van der Waals surface area contributed by atoms with Crippen LogP contribution in [0, 0.1) is 0 Å². The van der Waals surface area contributed by atoms with Crippen LogP contribution in [0.1, 0.15) is 16.1 Å². The highest BCUT2D eigenvalue weighted by molar-refractivity contribution is 6.14. The van der Waals surface area contributed by atoms with Gasteiger partial charge in [0, 0.05) is 17.1 Å². The van der Waals surface area contributed by atoms with Gasteiger partial charge < -0.3 is 4.74 Å². The van der Waals surface area contributed by atoms with Crippen molar-refractivity contribution in [3.8, 4) is 5.75 Å². The lowest BCUT2D eigenvalue weighted by Gasteiger charge is -2.05. The molecule has 0 saturated heterocycles. The zero-order valence-corrected chi connectivity index (χ0v) is 11.0. The van der Waals surface area contributed by atoms with Gasteiger partial charge in [0.15, 0.2) is 0 Å². The molecular weight excluding hydrogens is 250 g/mol. The number of hydrogen-bond donors (Lipinski definition) is 0. The topological polar surface area (TPSA) is 39.2 Å². The smallest absolute Gasteiger partial charge is 0.211 e. The summed E-state index contributed by atoms with van der Waals surface area (Å²) in [6.07, 6.45) is 1.67. The molecule has 1 heterocycles. The summed E-state index contributed by atoms with van der Waals surface area (Å²) >= 11 is 0. The molecular formula is C17H13NO2.